The number of hydrogen-bond acceptors (Lipinski definition) is 2. The summed E-state index contributed by atoms with van der Waals surface area (Å²) in [7, 11) is 0. The van der Waals surface area contributed by atoms with Gasteiger partial charge in [0.15, 0.2) is 0 Å². The van der Waals surface area contributed by atoms with Gasteiger partial charge in [-0.05, 0) is 36.1 Å². The second-order valence-electron chi connectivity index (χ2n) is 5.95. The van der Waals surface area contributed by atoms with E-state index in [0.717, 1.165) is 17.0 Å². The molecule has 0 bridgehead atoms. The van der Waals surface area contributed by atoms with E-state index >= 15 is 0 Å². The van der Waals surface area contributed by atoms with Gasteiger partial charge in [-0.25, -0.2) is 4.98 Å². The quantitative estimate of drug-likeness (QED) is 0.724. The summed E-state index contributed by atoms with van der Waals surface area (Å²) in [6.45, 7) is 6.37. The average molecular weight is 289 g/mol. The van der Waals surface area contributed by atoms with Crippen LogP contribution in [-0.4, -0.2) is 9.38 Å². The van der Waals surface area contributed by atoms with Crippen molar-refractivity contribution in [3.63, 3.8) is 0 Å². The first-order valence-corrected chi connectivity index (χ1v) is 7.56. The van der Waals surface area contributed by atoms with Crippen molar-refractivity contribution in [3.05, 3.63) is 70.7 Å². The van der Waals surface area contributed by atoms with Crippen molar-refractivity contribution in [1.82, 2.24) is 9.38 Å². The van der Waals surface area contributed by atoms with Crippen molar-refractivity contribution in [2.24, 2.45) is 0 Å². The molecule has 0 atom stereocenters. The zero-order chi connectivity index (χ0) is 15.7. The molecule has 0 radical (unpaired) electrons. The number of nitrogens with zero attached hydrogens (tertiary/aromatic N) is 3. The minimum atomic E-state index is 0.529. The van der Waals surface area contributed by atoms with Gasteiger partial charge in [0.2, 0.25) is 0 Å². The van der Waals surface area contributed by atoms with Crippen LogP contribution in [0.4, 0.5) is 0 Å². The van der Waals surface area contributed by atoms with Crippen LogP contribution in [-0.2, 0) is 6.42 Å². The lowest BCUT2D eigenvalue weighted by Crippen LogP contribution is -1.96. The Morgan fingerprint density at radius 1 is 1.14 bits per heavy atom. The van der Waals surface area contributed by atoms with Gasteiger partial charge in [0.05, 0.1) is 5.69 Å². The molecule has 110 valence electrons. The Morgan fingerprint density at radius 2 is 1.86 bits per heavy atom. The Labute approximate surface area is 130 Å². The molecule has 0 fully saturated rings. The number of imidazole rings is 1. The van der Waals surface area contributed by atoms with Crippen molar-refractivity contribution in [3.8, 4) is 6.07 Å². The molecule has 1 aromatic carbocycles. The number of aromatic nitrogens is 2. The van der Waals surface area contributed by atoms with Crippen LogP contribution in [0.15, 0.2) is 42.5 Å². The van der Waals surface area contributed by atoms with Crippen molar-refractivity contribution in [2.75, 3.05) is 0 Å². The molecular weight excluding hydrogens is 270 g/mol. The second kappa shape index (κ2) is 5.65. The fourth-order valence-electron chi connectivity index (χ4n) is 2.75. The zero-order valence-corrected chi connectivity index (χ0v) is 13.2. The van der Waals surface area contributed by atoms with E-state index < -0.39 is 0 Å². The summed E-state index contributed by atoms with van der Waals surface area (Å²) < 4.78 is 1.93. The van der Waals surface area contributed by atoms with E-state index in [2.05, 4.69) is 49.2 Å². The van der Waals surface area contributed by atoms with E-state index in [-0.39, 0.29) is 0 Å². The summed E-state index contributed by atoms with van der Waals surface area (Å²) >= 11 is 0. The highest BCUT2D eigenvalue weighted by Crippen LogP contribution is 2.20. The molecule has 3 rings (SSSR count). The molecule has 3 heteroatoms. The molecule has 0 aliphatic carbocycles. The van der Waals surface area contributed by atoms with E-state index in [4.69, 9.17) is 0 Å². The Balaban J connectivity index is 2.00. The molecule has 2 heterocycles. The van der Waals surface area contributed by atoms with Gasteiger partial charge in [0.1, 0.15) is 17.4 Å². The zero-order valence-electron chi connectivity index (χ0n) is 13.2. The summed E-state index contributed by atoms with van der Waals surface area (Å²) in [5.74, 6) is 0.529. The summed E-state index contributed by atoms with van der Waals surface area (Å²) in [6, 6.07) is 16.8. The normalized spacial score (nSPS) is 11.0. The number of hydrogen-bond donors (Lipinski definition) is 0. The first kappa shape index (κ1) is 14.3. The molecule has 22 heavy (non-hydrogen) atoms. The second-order valence-corrected chi connectivity index (χ2v) is 5.95. The number of pyridine rings is 1. The number of rotatable bonds is 3. The fraction of sp³-hybridized carbons (Fsp3) is 0.263. The lowest BCUT2D eigenvalue weighted by Gasteiger charge is -2.06. The van der Waals surface area contributed by atoms with Crippen molar-refractivity contribution < 1.29 is 0 Å². The standard InChI is InChI=1S/C19H19N3/c1-13(2)16-9-7-15(8-10-16)11-17-18(12-20)22-14(3)5-4-6-19(22)21-17/h4-10,13H,11H2,1-3H3. The maximum atomic E-state index is 9.51. The number of fused-ring (bicyclic) bond motifs is 1. The molecule has 0 amide bonds. The number of aryl methyl sites for hydroxylation is 1. The molecule has 0 saturated carbocycles. The topological polar surface area (TPSA) is 41.1 Å². The molecule has 0 N–H and O–H groups in total. The van der Waals surface area contributed by atoms with Gasteiger partial charge < -0.3 is 0 Å². The van der Waals surface area contributed by atoms with Crippen LogP contribution in [0.5, 0.6) is 0 Å². The maximum Gasteiger partial charge on any atom is 0.148 e. The van der Waals surface area contributed by atoms with E-state index in [9.17, 15) is 5.26 Å². The van der Waals surface area contributed by atoms with Gasteiger partial charge in [0.25, 0.3) is 0 Å². The Bertz CT molecular complexity index is 849. The largest absolute Gasteiger partial charge is 0.288 e. The van der Waals surface area contributed by atoms with Gasteiger partial charge in [-0.3, -0.25) is 4.40 Å². The fourth-order valence-corrected chi connectivity index (χ4v) is 2.75. The van der Waals surface area contributed by atoms with Crippen LogP contribution in [0.3, 0.4) is 0 Å². The van der Waals surface area contributed by atoms with Crippen LogP contribution in [0.1, 0.15) is 48.0 Å². The summed E-state index contributed by atoms with van der Waals surface area (Å²) in [5, 5.41) is 9.51. The smallest absolute Gasteiger partial charge is 0.148 e. The van der Waals surface area contributed by atoms with Crippen LogP contribution in [0.25, 0.3) is 5.65 Å². The third kappa shape index (κ3) is 2.48. The van der Waals surface area contributed by atoms with Crippen LogP contribution in [0, 0.1) is 18.3 Å². The van der Waals surface area contributed by atoms with Gasteiger partial charge in [-0.1, -0.05) is 44.2 Å². The Kier molecular flexibility index (Phi) is 3.68. The highest BCUT2D eigenvalue weighted by molar-refractivity contribution is 5.50. The first-order valence-electron chi connectivity index (χ1n) is 7.56. The molecule has 3 aromatic rings. The van der Waals surface area contributed by atoms with Gasteiger partial charge in [-0.2, -0.15) is 5.26 Å². The van der Waals surface area contributed by atoms with E-state index in [1.807, 2.05) is 29.5 Å². The molecule has 0 aliphatic heterocycles. The summed E-state index contributed by atoms with van der Waals surface area (Å²) in [4.78, 5) is 4.64. The van der Waals surface area contributed by atoms with Crippen molar-refractivity contribution in [2.45, 2.75) is 33.1 Å². The van der Waals surface area contributed by atoms with Crippen molar-refractivity contribution in [1.29, 1.82) is 5.26 Å². The summed E-state index contributed by atoms with van der Waals surface area (Å²) in [6.07, 6.45) is 0.683. The number of nitriles is 1. The summed E-state index contributed by atoms with van der Waals surface area (Å²) in [5.41, 5.74) is 5.86. The Morgan fingerprint density at radius 3 is 2.50 bits per heavy atom. The number of benzene rings is 1. The lowest BCUT2D eigenvalue weighted by molar-refractivity contribution is 0.865. The predicted molar refractivity (Wildman–Crippen MR) is 88.0 cm³/mol. The first-order chi connectivity index (χ1) is 10.6. The lowest BCUT2D eigenvalue weighted by atomic mass is 10.00. The minimum Gasteiger partial charge on any atom is -0.288 e. The van der Waals surface area contributed by atoms with E-state index in [0.29, 0.717) is 18.0 Å². The monoisotopic (exact) mass is 289 g/mol. The van der Waals surface area contributed by atoms with Gasteiger partial charge >= 0.3 is 0 Å². The third-order valence-electron chi connectivity index (χ3n) is 4.03. The third-order valence-corrected chi connectivity index (χ3v) is 4.03. The maximum absolute atomic E-state index is 9.51. The molecule has 0 aliphatic rings. The van der Waals surface area contributed by atoms with E-state index in [1.54, 1.807) is 0 Å². The highest BCUT2D eigenvalue weighted by atomic mass is 15.0. The predicted octanol–water partition coefficient (Wildman–Crippen LogP) is 4.23. The molecule has 0 unspecified atom stereocenters. The Hall–Kier alpha value is -2.60. The van der Waals surface area contributed by atoms with Gasteiger partial charge in [0, 0.05) is 12.1 Å². The molecular formula is C19H19N3. The van der Waals surface area contributed by atoms with Gasteiger partial charge in [-0.15, -0.1) is 0 Å². The van der Waals surface area contributed by atoms with E-state index in [1.165, 1.54) is 11.1 Å². The van der Waals surface area contributed by atoms with Crippen LogP contribution < -0.4 is 0 Å². The molecule has 2 aromatic heterocycles. The SMILES string of the molecule is Cc1cccc2nc(Cc3ccc(C(C)C)cc3)c(C#N)n12. The van der Waals surface area contributed by atoms with Crippen LogP contribution >= 0.6 is 0 Å². The average Bonchev–Trinajstić information content (AvgIpc) is 2.86. The van der Waals surface area contributed by atoms with Crippen molar-refractivity contribution >= 4 is 5.65 Å². The molecule has 0 saturated heterocycles. The molecule has 0 spiro atoms. The van der Waals surface area contributed by atoms with Crippen LogP contribution in [0.2, 0.25) is 0 Å². The molecule has 3 nitrogen and oxygen atoms in total. The highest BCUT2D eigenvalue weighted by Gasteiger charge is 2.13. The minimum absolute atomic E-state index is 0.529.